The Morgan fingerprint density at radius 1 is 1.04 bits per heavy atom. The number of halogens is 1. The van der Waals surface area contributed by atoms with Crippen molar-refractivity contribution in [2.24, 2.45) is 11.1 Å². The molecule has 1 saturated carbocycles. The Bertz CT molecular complexity index is 1980. The quantitative estimate of drug-likeness (QED) is 0.104. The number of likely N-dealkylation sites (tertiary alicyclic amines) is 1. The number of aromatic nitrogens is 5. The lowest BCUT2D eigenvalue weighted by molar-refractivity contribution is -0.138. The van der Waals surface area contributed by atoms with Crippen molar-refractivity contribution in [3.05, 3.63) is 63.9 Å². The molecule has 4 heterocycles. The van der Waals surface area contributed by atoms with Crippen LogP contribution in [-0.2, 0) is 25.7 Å². The van der Waals surface area contributed by atoms with Crippen LogP contribution >= 0.6 is 15.9 Å². The lowest BCUT2D eigenvalue weighted by atomic mass is 9.98. The van der Waals surface area contributed by atoms with Gasteiger partial charge in [0.05, 0.1) is 18.7 Å². The maximum atomic E-state index is 14.3. The van der Waals surface area contributed by atoms with Crippen molar-refractivity contribution in [3.63, 3.8) is 0 Å². The zero-order chi connectivity index (χ0) is 35.7. The third-order valence-electron chi connectivity index (χ3n) is 9.45. The maximum absolute atomic E-state index is 14.3. The number of Topliss-reactive ketones (excluding diaryl/α,β-unsaturated/α-hetero) is 1. The average Bonchev–Trinajstić information content (AvgIpc) is 3.48. The number of anilines is 1. The number of fused-ring (bicyclic) bond motifs is 2. The van der Waals surface area contributed by atoms with Crippen LogP contribution in [0.4, 0.5) is 5.82 Å². The van der Waals surface area contributed by atoms with Gasteiger partial charge >= 0.3 is 0 Å². The first kappa shape index (κ1) is 35.2. The number of aryl methyl sites for hydroxylation is 3. The Morgan fingerprint density at radius 3 is 2.52 bits per heavy atom. The number of nitrogens with one attached hydrogen (secondary N) is 2. The van der Waals surface area contributed by atoms with Gasteiger partial charge in [-0.15, -0.1) is 0 Å². The predicted molar refractivity (Wildman–Crippen MR) is 189 cm³/mol. The number of ether oxygens (including phenoxy) is 1. The molecule has 0 unspecified atom stereocenters. The highest BCUT2D eigenvalue weighted by atomic mass is 79.9. The highest BCUT2D eigenvalue weighted by Gasteiger charge is 2.67. The van der Waals surface area contributed by atoms with Crippen LogP contribution in [0.5, 0.6) is 0 Å². The van der Waals surface area contributed by atoms with Crippen LogP contribution in [0.25, 0.3) is 22.0 Å². The minimum absolute atomic E-state index is 0.173. The van der Waals surface area contributed by atoms with Crippen LogP contribution in [0.3, 0.4) is 0 Å². The van der Waals surface area contributed by atoms with E-state index in [0.717, 1.165) is 22.3 Å². The molecular weight excluding hydrogens is 706 g/mol. The Kier molecular flexibility index (Phi) is 10.1. The number of pyridine rings is 1. The molecule has 15 heteroatoms. The van der Waals surface area contributed by atoms with Crippen molar-refractivity contribution in [1.29, 1.82) is 0 Å². The lowest BCUT2D eigenvalue weighted by Gasteiger charge is -2.27. The molecule has 0 bridgehead atoms. The summed E-state index contributed by atoms with van der Waals surface area (Å²) in [6.45, 7) is 8.14. The Balaban J connectivity index is 1.28. The molecule has 0 radical (unpaired) electrons. The van der Waals surface area contributed by atoms with Gasteiger partial charge in [-0.2, -0.15) is 5.10 Å². The van der Waals surface area contributed by atoms with E-state index in [4.69, 9.17) is 10.5 Å². The number of carbonyl (C=O) groups excluding carboxylic acids is 4. The van der Waals surface area contributed by atoms with E-state index in [1.165, 1.54) is 6.92 Å². The van der Waals surface area contributed by atoms with Crippen LogP contribution in [0.1, 0.15) is 53.6 Å². The molecule has 2 aliphatic rings. The minimum atomic E-state index is -0.811. The largest absolute Gasteiger partial charge is 0.380 e. The summed E-state index contributed by atoms with van der Waals surface area (Å²) in [5, 5.41) is 11.1. The highest BCUT2D eigenvalue weighted by molar-refractivity contribution is 9.10. The van der Waals surface area contributed by atoms with Gasteiger partial charge in [0.15, 0.2) is 5.78 Å². The van der Waals surface area contributed by atoms with Crippen molar-refractivity contribution in [2.45, 2.75) is 65.6 Å². The number of amides is 3. The smallest absolute Gasteiger partial charge is 0.248 e. The van der Waals surface area contributed by atoms with E-state index in [-0.39, 0.29) is 54.8 Å². The fourth-order valence-corrected chi connectivity index (χ4v) is 7.14. The molecular formula is C35H40BrN9O5. The van der Waals surface area contributed by atoms with Gasteiger partial charge in [0, 0.05) is 61.2 Å². The van der Waals surface area contributed by atoms with Crippen molar-refractivity contribution in [2.75, 3.05) is 31.6 Å². The molecule has 2 fully saturated rings. The molecule has 3 aromatic heterocycles. The number of piperidine rings is 1. The van der Waals surface area contributed by atoms with Crippen molar-refractivity contribution >= 4 is 56.2 Å². The Labute approximate surface area is 297 Å². The van der Waals surface area contributed by atoms with E-state index < -0.39 is 11.5 Å². The molecule has 50 heavy (non-hydrogen) atoms. The van der Waals surface area contributed by atoms with Crippen molar-refractivity contribution in [3.8, 4) is 11.1 Å². The first-order valence-corrected chi connectivity index (χ1v) is 17.3. The fraction of sp³-hybridized carbons (Fsp3) is 0.429. The summed E-state index contributed by atoms with van der Waals surface area (Å²) in [5.74, 6) is -0.0471. The normalized spacial score (nSPS) is 19.4. The van der Waals surface area contributed by atoms with E-state index in [2.05, 4.69) is 46.6 Å². The van der Waals surface area contributed by atoms with Gasteiger partial charge in [-0.1, -0.05) is 6.07 Å². The summed E-state index contributed by atoms with van der Waals surface area (Å²) in [7, 11) is 0. The van der Waals surface area contributed by atoms with Crippen molar-refractivity contribution < 1.29 is 23.9 Å². The summed E-state index contributed by atoms with van der Waals surface area (Å²) in [5.41, 5.74) is 9.11. The highest BCUT2D eigenvalue weighted by Crippen LogP contribution is 2.59. The van der Waals surface area contributed by atoms with Gasteiger partial charge < -0.3 is 26.0 Å². The Hall–Kier alpha value is -4.60. The maximum Gasteiger partial charge on any atom is 0.248 e. The van der Waals surface area contributed by atoms with E-state index in [1.807, 2.05) is 39.0 Å². The van der Waals surface area contributed by atoms with E-state index in [9.17, 15) is 19.2 Å². The third-order valence-corrected chi connectivity index (χ3v) is 9.90. The molecule has 3 amide bonds. The molecule has 4 N–H and O–H groups in total. The monoisotopic (exact) mass is 745 g/mol. The molecule has 4 aromatic rings. The topological polar surface area (TPSA) is 187 Å². The molecule has 1 aromatic carbocycles. The summed E-state index contributed by atoms with van der Waals surface area (Å²) >= 11 is 3.36. The van der Waals surface area contributed by atoms with Crippen LogP contribution < -0.4 is 16.4 Å². The number of nitrogens with zero attached hydrogens (tertiary/aromatic N) is 6. The number of hydrogen-bond acceptors (Lipinski definition) is 10. The second-order valence-electron chi connectivity index (χ2n) is 13.1. The molecule has 3 atom stereocenters. The van der Waals surface area contributed by atoms with E-state index in [1.54, 1.807) is 28.0 Å². The average molecular weight is 747 g/mol. The number of hydrogen-bond donors (Lipinski definition) is 3. The fourth-order valence-electron chi connectivity index (χ4n) is 6.83. The molecule has 262 valence electrons. The van der Waals surface area contributed by atoms with Gasteiger partial charge in [0.2, 0.25) is 17.7 Å². The van der Waals surface area contributed by atoms with Crippen LogP contribution in [0, 0.1) is 26.2 Å². The van der Waals surface area contributed by atoms with Crippen molar-refractivity contribution in [1.82, 2.24) is 34.9 Å². The standard InChI is InChI=1S/C35H40BrN9O5/c1-19-5-6-28(36)41-33(19)42-34(49)26-13-35(18-40-29(47)7-9-50-10-8-37)14-27(35)45(26)30(48)17-44-32-20(2)11-23(24-15-38-22(4)39-16-24)12-25(32)31(43-44)21(3)46/h5-6,11-12,15-16,26-27H,7-10,13-14,17-18,37H2,1-4H3,(H,40,47)(H,41,42,49)/t26-,27+,35-/m0/s1. The zero-order valence-corrected chi connectivity index (χ0v) is 30.0. The first-order chi connectivity index (χ1) is 23.9. The SMILES string of the molecule is CC(=O)c1nn(CC(=O)N2[C@H](C(=O)Nc3nc(Br)ccc3C)C[C@@]3(CNC(=O)CCOCCN)C[C@@H]23)c2c(C)cc(-c3cnc(C)nc3)cc12. The summed E-state index contributed by atoms with van der Waals surface area (Å²) in [4.78, 5) is 68.3. The van der Waals surface area contributed by atoms with Gasteiger partial charge in [-0.3, -0.25) is 23.9 Å². The first-order valence-electron chi connectivity index (χ1n) is 16.5. The number of rotatable bonds is 13. The van der Waals surface area contributed by atoms with E-state index in [0.29, 0.717) is 59.7 Å². The molecule has 1 saturated heterocycles. The summed E-state index contributed by atoms with van der Waals surface area (Å²) < 4.78 is 7.46. The Morgan fingerprint density at radius 2 is 1.80 bits per heavy atom. The number of benzene rings is 1. The molecule has 0 spiro atoms. The van der Waals surface area contributed by atoms with Gasteiger partial charge in [0.1, 0.15) is 34.5 Å². The number of ketones is 1. The summed E-state index contributed by atoms with van der Waals surface area (Å²) in [6, 6.07) is 6.38. The van der Waals surface area contributed by atoms with Crippen LogP contribution in [0.2, 0.25) is 0 Å². The lowest BCUT2D eigenvalue weighted by Crippen LogP contribution is -2.47. The second kappa shape index (κ2) is 14.3. The minimum Gasteiger partial charge on any atom is -0.380 e. The molecule has 14 nitrogen and oxygen atoms in total. The molecule has 1 aliphatic carbocycles. The van der Waals surface area contributed by atoms with E-state index >= 15 is 0 Å². The summed E-state index contributed by atoms with van der Waals surface area (Å²) in [6.07, 6.45) is 4.65. The second-order valence-corrected chi connectivity index (χ2v) is 13.9. The number of nitrogens with two attached hydrogens (primary N) is 1. The predicted octanol–water partition coefficient (Wildman–Crippen LogP) is 3.26. The van der Waals surface area contributed by atoms with Crippen LogP contribution in [0.15, 0.2) is 41.3 Å². The molecule has 1 aliphatic heterocycles. The van der Waals surface area contributed by atoms with Gasteiger partial charge in [-0.25, -0.2) is 15.0 Å². The number of carbonyl (C=O) groups is 4. The third kappa shape index (κ3) is 7.16. The zero-order valence-electron chi connectivity index (χ0n) is 28.5. The van der Waals surface area contributed by atoms with Gasteiger partial charge in [-0.05, 0) is 84.4 Å². The molecule has 6 rings (SSSR count). The van der Waals surface area contributed by atoms with Crippen LogP contribution in [-0.4, -0.2) is 91.5 Å². The van der Waals surface area contributed by atoms with Gasteiger partial charge in [0.25, 0.3) is 0 Å².